The first-order valence-electron chi connectivity index (χ1n) is 22.9. The van der Waals surface area contributed by atoms with E-state index in [2.05, 4.69) is 240 Å². The van der Waals surface area contributed by atoms with Gasteiger partial charge in [-0.3, -0.25) is 0 Å². The van der Waals surface area contributed by atoms with E-state index in [1.54, 1.807) is 0 Å². The van der Waals surface area contributed by atoms with Gasteiger partial charge in [-0.15, -0.1) is 0 Å². The zero-order valence-electron chi connectivity index (χ0n) is 35.7. The lowest BCUT2D eigenvalue weighted by Gasteiger charge is -2.50. The summed E-state index contributed by atoms with van der Waals surface area (Å²) in [5, 5.41) is 2.58. The average molecular weight is 819 g/mol. The van der Waals surface area contributed by atoms with Gasteiger partial charge < -0.3 is 9.47 Å². The first-order chi connectivity index (χ1) is 31.8. The molecule has 0 fully saturated rings. The number of aromatic nitrogens is 1. The second-order valence-electron chi connectivity index (χ2n) is 17.8. The molecule has 13 rings (SSSR count). The van der Waals surface area contributed by atoms with Gasteiger partial charge in [0.2, 0.25) is 0 Å². The lowest BCUT2D eigenvalue weighted by Crippen LogP contribution is -2.45. The Hall–Kier alpha value is -7.68. The molecule has 0 bridgehead atoms. The van der Waals surface area contributed by atoms with E-state index in [9.17, 15) is 0 Å². The molecule has 9 aromatic rings. The second-order valence-corrected chi connectivity index (χ2v) is 17.8. The Morgan fingerprint density at radius 3 is 1.78 bits per heavy atom. The molecule has 2 unspecified atom stereocenters. The third-order valence-electron chi connectivity index (χ3n) is 14.7. The van der Waals surface area contributed by atoms with Crippen LogP contribution in [0.3, 0.4) is 0 Å². The van der Waals surface area contributed by atoms with Crippen LogP contribution >= 0.6 is 0 Å². The normalized spacial score (nSPS) is 19.3. The van der Waals surface area contributed by atoms with Crippen LogP contribution < -0.4 is 4.90 Å². The first-order valence-corrected chi connectivity index (χ1v) is 22.9. The van der Waals surface area contributed by atoms with E-state index in [4.69, 9.17) is 0 Å². The summed E-state index contributed by atoms with van der Waals surface area (Å²) in [6, 6.07) is 75.3. The Kier molecular flexibility index (Phi) is 8.33. The summed E-state index contributed by atoms with van der Waals surface area (Å²) in [4.78, 5) is 2.51. The van der Waals surface area contributed by atoms with Crippen molar-refractivity contribution in [3.63, 3.8) is 0 Å². The van der Waals surface area contributed by atoms with Crippen LogP contribution in [0.25, 0.3) is 38.6 Å². The molecule has 4 aliphatic carbocycles. The van der Waals surface area contributed by atoms with Crippen molar-refractivity contribution < 1.29 is 0 Å². The van der Waals surface area contributed by atoms with Gasteiger partial charge in [0.15, 0.2) is 0 Å². The van der Waals surface area contributed by atoms with Gasteiger partial charge in [-0.2, -0.15) is 0 Å². The van der Waals surface area contributed by atoms with Gasteiger partial charge in [0.25, 0.3) is 0 Å². The highest BCUT2D eigenvalue weighted by atomic mass is 15.2. The summed E-state index contributed by atoms with van der Waals surface area (Å²) in [5.74, 6) is 0. The summed E-state index contributed by atoms with van der Waals surface area (Å²) < 4.78 is 2.50. The quantitative estimate of drug-likeness (QED) is 0.156. The molecule has 8 aromatic carbocycles. The highest BCUT2D eigenvalue weighted by Gasteiger charge is 2.58. The van der Waals surface area contributed by atoms with Crippen molar-refractivity contribution in [1.82, 2.24) is 4.57 Å². The number of anilines is 2. The molecule has 0 spiro atoms. The summed E-state index contributed by atoms with van der Waals surface area (Å²) in [5.41, 5.74) is 20.1. The topological polar surface area (TPSA) is 8.17 Å². The minimum Gasteiger partial charge on any atom is -0.314 e. The Morgan fingerprint density at radius 1 is 0.422 bits per heavy atom. The highest BCUT2D eigenvalue weighted by molar-refractivity contribution is 6.11. The molecule has 1 heterocycles. The van der Waals surface area contributed by atoms with E-state index in [1.165, 1.54) is 100 Å². The second kappa shape index (κ2) is 14.4. The first kappa shape index (κ1) is 36.9. The van der Waals surface area contributed by atoms with E-state index >= 15 is 0 Å². The fourth-order valence-corrected chi connectivity index (χ4v) is 12.3. The molecule has 2 nitrogen and oxygen atoms in total. The van der Waals surface area contributed by atoms with Gasteiger partial charge in [0.1, 0.15) is 0 Å². The summed E-state index contributed by atoms with van der Waals surface area (Å²) in [7, 11) is 0. The maximum absolute atomic E-state index is 2.51. The summed E-state index contributed by atoms with van der Waals surface area (Å²) >= 11 is 0. The van der Waals surface area contributed by atoms with Crippen LogP contribution in [0.15, 0.2) is 242 Å². The number of hydrogen-bond donors (Lipinski definition) is 0. The third kappa shape index (κ3) is 5.08. The molecule has 2 heteroatoms. The molecule has 1 aromatic heterocycles. The van der Waals surface area contributed by atoms with Crippen molar-refractivity contribution in [2.45, 2.75) is 36.5 Å². The zero-order chi connectivity index (χ0) is 42.2. The van der Waals surface area contributed by atoms with Crippen LogP contribution in [0.4, 0.5) is 11.4 Å². The molecule has 2 atom stereocenters. The van der Waals surface area contributed by atoms with E-state index < -0.39 is 10.8 Å². The molecule has 0 saturated heterocycles. The van der Waals surface area contributed by atoms with Gasteiger partial charge in [0.05, 0.1) is 21.9 Å². The number of allylic oxidation sites excluding steroid dienone is 8. The smallest absolute Gasteiger partial charge is 0.0720 e. The minimum atomic E-state index is -0.523. The van der Waals surface area contributed by atoms with Gasteiger partial charge >= 0.3 is 0 Å². The van der Waals surface area contributed by atoms with Crippen LogP contribution in [0.1, 0.15) is 64.6 Å². The van der Waals surface area contributed by atoms with Gasteiger partial charge in [-0.05, 0) is 118 Å². The maximum Gasteiger partial charge on any atom is 0.0720 e. The largest absolute Gasteiger partial charge is 0.314 e. The zero-order valence-corrected chi connectivity index (χ0v) is 35.7. The van der Waals surface area contributed by atoms with E-state index in [0.717, 1.165) is 25.7 Å². The molecule has 304 valence electrons. The maximum atomic E-state index is 2.51. The van der Waals surface area contributed by atoms with Crippen molar-refractivity contribution >= 4 is 38.9 Å². The fourth-order valence-electron chi connectivity index (χ4n) is 12.3. The van der Waals surface area contributed by atoms with Crippen LogP contribution in [-0.4, -0.2) is 4.57 Å². The molecule has 0 aliphatic heterocycles. The van der Waals surface area contributed by atoms with E-state index in [1.807, 2.05) is 0 Å². The number of para-hydroxylation sites is 2. The molecule has 64 heavy (non-hydrogen) atoms. The predicted molar refractivity (Wildman–Crippen MR) is 266 cm³/mol. The Labute approximate surface area is 375 Å². The van der Waals surface area contributed by atoms with Crippen LogP contribution in [-0.2, 0) is 10.8 Å². The lowest BCUT2D eigenvalue weighted by molar-refractivity contribution is 0.594. The van der Waals surface area contributed by atoms with E-state index in [-0.39, 0.29) is 0 Å². The fraction of sp³-hybridized carbons (Fsp3) is 0.0968. The summed E-state index contributed by atoms with van der Waals surface area (Å²) in [6.07, 6.45) is 15.6. The molecule has 4 aliphatic rings. The van der Waals surface area contributed by atoms with Crippen molar-refractivity contribution in [2.75, 3.05) is 4.90 Å². The molecule has 0 amide bonds. The standard InChI is InChI=1S/C62H46N2/c1-5-20-43(21-6-1)61(55-32-16-17-33-56(55)62(44-22-7-2-8-23-44)54-31-15-13-28-50(54)53-30-19-34-57(61)60(53)62)45-36-38-48(39-37-45)63(46-24-9-3-10-25-46)49-40-41-52-51-29-14-18-35-58(51)64(59(52)42-49)47-26-11-4-12-27-47/h1-11,13-26,28-36,38,40-42H,12,27,37,39H2. The van der Waals surface area contributed by atoms with Gasteiger partial charge in [-0.25, -0.2) is 0 Å². The molecule has 0 N–H and O–H groups in total. The Bertz CT molecular complexity index is 3440. The number of fused-ring (bicyclic) bond motifs is 8. The van der Waals surface area contributed by atoms with Crippen molar-refractivity contribution in [1.29, 1.82) is 0 Å². The van der Waals surface area contributed by atoms with Crippen LogP contribution in [0.5, 0.6) is 0 Å². The minimum absolute atomic E-state index is 0.454. The Balaban J connectivity index is 1.04. The average Bonchev–Trinajstić information content (AvgIpc) is 3.87. The molecular weight excluding hydrogens is 773 g/mol. The number of rotatable bonds is 7. The SMILES string of the molecule is C1=CCCC(n2c3ccccc3c3ccc(N(C4=CC=C(C5(c6ccccc6)c6ccccc6C6(c7ccccc7)c7ccccc7-c7cccc5c76)CC4)c4ccccc4)cc32)=C1. The monoisotopic (exact) mass is 818 g/mol. The molecule has 0 radical (unpaired) electrons. The van der Waals surface area contributed by atoms with Crippen LogP contribution in [0, 0.1) is 0 Å². The number of nitrogens with zero attached hydrogens (tertiary/aromatic N) is 2. The number of hydrogen-bond acceptors (Lipinski definition) is 1. The third-order valence-corrected chi connectivity index (χ3v) is 14.7. The lowest BCUT2D eigenvalue weighted by atomic mass is 9.51. The van der Waals surface area contributed by atoms with Gasteiger partial charge in [-0.1, -0.05) is 194 Å². The van der Waals surface area contributed by atoms with E-state index in [0.29, 0.717) is 0 Å². The Morgan fingerprint density at radius 2 is 1.05 bits per heavy atom. The van der Waals surface area contributed by atoms with Crippen molar-refractivity contribution in [3.05, 3.63) is 281 Å². The van der Waals surface area contributed by atoms with Crippen molar-refractivity contribution in [3.8, 4) is 11.1 Å². The van der Waals surface area contributed by atoms with Gasteiger partial charge in [0, 0.05) is 33.5 Å². The van der Waals surface area contributed by atoms with Crippen LogP contribution in [0.2, 0.25) is 0 Å². The predicted octanol–water partition coefficient (Wildman–Crippen LogP) is 15.4. The molecule has 0 saturated carbocycles. The van der Waals surface area contributed by atoms with Crippen molar-refractivity contribution in [2.24, 2.45) is 0 Å². The highest BCUT2D eigenvalue weighted by Crippen LogP contribution is 2.66. The molecular formula is C62H46N2. The summed E-state index contributed by atoms with van der Waals surface area (Å²) in [6.45, 7) is 0. The number of benzene rings is 8.